The minimum Gasteiger partial charge on any atom is -0.442 e. The highest BCUT2D eigenvalue weighted by Gasteiger charge is 2.23. The molecule has 0 saturated heterocycles. The molecule has 0 aliphatic carbocycles. The predicted molar refractivity (Wildman–Crippen MR) is 83.5 cm³/mol. The van der Waals surface area contributed by atoms with Crippen molar-refractivity contribution in [3.8, 4) is 0 Å². The Morgan fingerprint density at radius 2 is 2.11 bits per heavy atom. The summed E-state index contributed by atoms with van der Waals surface area (Å²) in [6, 6.07) is 3.54. The van der Waals surface area contributed by atoms with Crippen LogP contribution in [0.15, 0.2) is 12.1 Å². The van der Waals surface area contributed by atoms with Gasteiger partial charge in [-0.05, 0) is 55.5 Å². The minimum absolute atomic E-state index is 0.192. The lowest BCUT2D eigenvalue weighted by Gasteiger charge is -2.19. The maximum atomic E-state index is 12.1. The largest absolute Gasteiger partial charge is 0.442 e. The molecule has 2 rings (SSSR count). The van der Waals surface area contributed by atoms with Crippen LogP contribution in [-0.4, -0.2) is 21.5 Å². The van der Waals surface area contributed by atoms with Crippen molar-refractivity contribution in [3.05, 3.63) is 20.9 Å². The maximum Gasteiger partial charge on any atom is 0.435 e. The molecule has 0 saturated carbocycles. The van der Waals surface area contributed by atoms with E-state index in [-0.39, 0.29) is 5.15 Å². The minimum atomic E-state index is -0.604. The van der Waals surface area contributed by atoms with E-state index in [1.807, 2.05) is 0 Å². The summed E-state index contributed by atoms with van der Waals surface area (Å²) in [6.07, 6.45) is -0.576. The first-order chi connectivity index (χ1) is 8.70. The van der Waals surface area contributed by atoms with Gasteiger partial charge >= 0.3 is 6.09 Å². The van der Waals surface area contributed by atoms with Gasteiger partial charge in [0, 0.05) is 9.26 Å². The molecular weight excluding hydrogens is 381 g/mol. The molecule has 0 unspecified atom stereocenters. The number of anilines is 1. The monoisotopic (exact) mass is 393 g/mol. The lowest BCUT2D eigenvalue weighted by molar-refractivity contribution is 0.0522. The molecule has 0 amide bonds. The Morgan fingerprint density at radius 3 is 2.68 bits per heavy atom. The van der Waals surface area contributed by atoms with Crippen molar-refractivity contribution in [2.45, 2.75) is 26.4 Å². The van der Waals surface area contributed by atoms with Gasteiger partial charge in [0.05, 0.1) is 10.9 Å². The van der Waals surface area contributed by atoms with Gasteiger partial charge in [0.25, 0.3) is 0 Å². The average Bonchev–Trinajstić information content (AvgIpc) is 2.61. The molecule has 2 N–H and O–H groups in total. The number of ether oxygens (including phenoxy) is 1. The van der Waals surface area contributed by atoms with E-state index in [2.05, 4.69) is 27.7 Å². The zero-order valence-corrected chi connectivity index (χ0v) is 13.6. The van der Waals surface area contributed by atoms with E-state index in [1.165, 1.54) is 0 Å². The van der Waals surface area contributed by atoms with E-state index in [1.54, 1.807) is 32.9 Å². The zero-order chi connectivity index (χ0) is 14.4. The number of carbonyl (C=O) groups excluding carboxylic acids is 1. The summed E-state index contributed by atoms with van der Waals surface area (Å²) in [4.78, 5) is 12.1. The normalized spacial score (nSPS) is 11.8. The number of halogens is 2. The highest BCUT2D eigenvalue weighted by molar-refractivity contribution is 14.1. The molecule has 7 heteroatoms. The summed E-state index contributed by atoms with van der Waals surface area (Å²) in [5, 5.41) is 4.78. The fraction of sp³-hybridized carbons (Fsp3) is 0.333. The van der Waals surface area contributed by atoms with Crippen LogP contribution < -0.4 is 5.73 Å². The number of aromatic nitrogens is 2. The molecule has 0 aliphatic heterocycles. The first kappa shape index (κ1) is 14.4. The van der Waals surface area contributed by atoms with E-state index in [4.69, 9.17) is 22.1 Å². The summed E-state index contributed by atoms with van der Waals surface area (Å²) in [7, 11) is 0. The van der Waals surface area contributed by atoms with Crippen LogP contribution in [0.1, 0.15) is 20.8 Å². The third-order valence-electron chi connectivity index (χ3n) is 2.33. The van der Waals surface area contributed by atoms with Crippen LogP contribution in [0, 0.1) is 3.57 Å². The SMILES string of the molecule is CC(C)(C)OC(=O)n1nc(Cl)c2c(N)ccc(I)c21. The highest BCUT2D eigenvalue weighted by atomic mass is 127. The first-order valence-electron chi connectivity index (χ1n) is 5.56. The average molecular weight is 394 g/mol. The van der Waals surface area contributed by atoms with Gasteiger partial charge in [-0.1, -0.05) is 11.6 Å². The van der Waals surface area contributed by atoms with E-state index in [0.717, 1.165) is 8.25 Å². The molecule has 0 bridgehead atoms. The maximum absolute atomic E-state index is 12.1. The zero-order valence-electron chi connectivity index (χ0n) is 10.7. The Morgan fingerprint density at radius 1 is 1.47 bits per heavy atom. The van der Waals surface area contributed by atoms with Gasteiger partial charge in [-0.15, -0.1) is 5.10 Å². The highest BCUT2D eigenvalue weighted by Crippen LogP contribution is 2.32. The molecule has 1 aromatic carbocycles. The fourth-order valence-corrected chi connectivity index (χ4v) is 2.58. The van der Waals surface area contributed by atoms with Gasteiger partial charge in [-0.25, -0.2) is 4.79 Å². The number of hydrogen-bond donors (Lipinski definition) is 1. The molecule has 19 heavy (non-hydrogen) atoms. The Labute approximate surface area is 129 Å². The number of rotatable bonds is 0. The van der Waals surface area contributed by atoms with Crippen LogP contribution in [0.3, 0.4) is 0 Å². The number of nitrogens with zero attached hydrogens (tertiary/aromatic N) is 2. The van der Waals surface area contributed by atoms with Crippen molar-refractivity contribution in [2.24, 2.45) is 0 Å². The van der Waals surface area contributed by atoms with Gasteiger partial charge in [0.2, 0.25) is 0 Å². The summed E-state index contributed by atoms with van der Waals surface area (Å²) < 4.78 is 7.28. The molecule has 0 radical (unpaired) electrons. The van der Waals surface area contributed by atoms with E-state index in [0.29, 0.717) is 16.6 Å². The van der Waals surface area contributed by atoms with Crippen LogP contribution >= 0.6 is 34.2 Å². The van der Waals surface area contributed by atoms with E-state index < -0.39 is 11.7 Å². The smallest absolute Gasteiger partial charge is 0.435 e. The molecular formula is C12H13ClIN3O2. The number of nitrogens with two attached hydrogens (primary N) is 1. The van der Waals surface area contributed by atoms with Crippen LogP contribution in [0.5, 0.6) is 0 Å². The van der Waals surface area contributed by atoms with Gasteiger partial charge in [-0.2, -0.15) is 4.68 Å². The van der Waals surface area contributed by atoms with E-state index in [9.17, 15) is 4.79 Å². The topological polar surface area (TPSA) is 70.1 Å². The Balaban J connectivity index is 2.63. The summed E-state index contributed by atoms with van der Waals surface area (Å²) in [6.45, 7) is 5.37. The predicted octanol–water partition coefficient (Wildman–Crippen LogP) is 3.66. The molecule has 0 atom stereocenters. The standard InChI is InChI=1S/C12H13ClIN3O2/c1-12(2,3)19-11(18)17-9-6(14)4-5-7(15)8(9)10(13)16-17/h4-5H,15H2,1-3H3. The number of nitrogen functional groups attached to an aromatic ring is 1. The lowest BCUT2D eigenvalue weighted by atomic mass is 10.2. The lowest BCUT2D eigenvalue weighted by Crippen LogP contribution is -2.27. The van der Waals surface area contributed by atoms with Crippen molar-refractivity contribution >= 4 is 56.9 Å². The van der Waals surface area contributed by atoms with Crippen molar-refractivity contribution in [1.29, 1.82) is 0 Å². The van der Waals surface area contributed by atoms with Crippen LogP contribution in [-0.2, 0) is 4.74 Å². The summed E-state index contributed by atoms with van der Waals surface area (Å²) >= 11 is 8.15. The molecule has 102 valence electrons. The Bertz CT molecular complexity index is 661. The molecule has 1 heterocycles. The van der Waals surface area contributed by atoms with Crippen LogP contribution in [0.2, 0.25) is 5.15 Å². The van der Waals surface area contributed by atoms with Crippen molar-refractivity contribution < 1.29 is 9.53 Å². The van der Waals surface area contributed by atoms with Gasteiger partial charge in [0.15, 0.2) is 5.15 Å². The first-order valence-corrected chi connectivity index (χ1v) is 7.02. The van der Waals surface area contributed by atoms with Crippen LogP contribution in [0.25, 0.3) is 10.9 Å². The second-order valence-electron chi connectivity index (χ2n) is 5.04. The number of hydrogen-bond acceptors (Lipinski definition) is 4. The quantitative estimate of drug-likeness (QED) is 0.548. The molecule has 2 aromatic rings. The molecule has 0 fully saturated rings. The Kier molecular flexibility index (Phi) is 3.65. The summed E-state index contributed by atoms with van der Waals surface area (Å²) in [5.41, 5.74) is 6.32. The third kappa shape index (κ3) is 2.79. The third-order valence-corrected chi connectivity index (χ3v) is 3.47. The second-order valence-corrected chi connectivity index (χ2v) is 6.56. The van der Waals surface area contributed by atoms with Gasteiger partial charge < -0.3 is 10.5 Å². The molecule has 0 aliphatic rings. The Hall–Kier alpha value is -1.02. The van der Waals surface area contributed by atoms with Gasteiger partial charge in [-0.3, -0.25) is 0 Å². The number of fused-ring (bicyclic) bond motifs is 1. The van der Waals surface area contributed by atoms with Crippen molar-refractivity contribution in [2.75, 3.05) is 5.73 Å². The van der Waals surface area contributed by atoms with E-state index >= 15 is 0 Å². The summed E-state index contributed by atoms with van der Waals surface area (Å²) in [5.74, 6) is 0. The van der Waals surface area contributed by atoms with Crippen molar-refractivity contribution in [3.63, 3.8) is 0 Å². The van der Waals surface area contributed by atoms with Gasteiger partial charge in [0.1, 0.15) is 5.60 Å². The fourth-order valence-electron chi connectivity index (χ4n) is 1.63. The second kappa shape index (κ2) is 4.82. The molecule has 0 spiro atoms. The number of benzene rings is 1. The molecule has 1 aromatic heterocycles. The number of carbonyl (C=O) groups is 1. The van der Waals surface area contributed by atoms with Crippen molar-refractivity contribution in [1.82, 2.24) is 9.78 Å². The molecule has 5 nitrogen and oxygen atoms in total. The van der Waals surface area contributed by atoms with Crippen LogP contribution in [0.4, 0.5) is 10.5 Å².